The van der Waals surface area contributed by atoms with Gasteiger partial charge in [0.05, 0.1) is 11.7 Å². The Bertz CT molecular complexity index is 631. The molecule has 0 unspecified atom stereocenters. The molecule has 1 atom stereocenters. The highest BCUT2D eigenvalue weighted by molar-refractivity contribution is 5.94. The van der Waals surface area contributed by atoms with Crippen molar-refractivity contribution in [2.24, 2.45) is 0 Å². The van der Waals surface area contributed by atoms with Crippen LogP contribution in [0.4, 0.5) is 14.5 Å². The van der Waals surface area contributed by atoms with Gasteiger partial charge in [-0.1, -0.05) is 30.3 Å². The van der Waals surface area contributed by atoms with Gasteiger partial charge in [-0.2, -0.15) is 0 Å². The first-order chi connectivity index (χ1) is 10.1. The average Bonchev–Trinajstić information content (AvgIpc) is 2.48. The molecule has 0 radical (unpaired) electrons. The van der Waals surface area contributed by atoms with Crippen LogP contribution in [0.15, 0.2) is 48.5 Å². The van der Waals surface area contributed by atoms with Crippen molar-refractivity contribution in [3.05, 3.63) is 65.7 Å². The van der Waals surface area contributed by atoms with Crippen molar-refractivity contribution in [2.75, 3.05) is 5.32 Å². The number of rotatable bonds is 5. The molecule has 2 N–H and O–H groups in total. The van der Waals surface area contributed by atoms with E-state index in [1.54, 1.807) is 37.3 Å². The summed E-state index contributed by atoms with van der Waals surface area (Å²) < 4.78 is 26.9. The fraction of sp³-hybridized carbons (Fsp3) is 0.188. The summed E-state index contributed by atoms with van der Waals surface area (Å²) >= 11 is 0. The second-order valence-electron chi connectivity index (χ2n) is 4.66. The summed E-state index contributed by atoms with van der Waals surface area (Å²) in [6.45, 7) is 1.86. The Kier molecular flexibility index (Phi) is 5.00. The molecule has 0 spiro atoms. The monoisotopic (exact) mass is 290 g/mol. The minimum Gasteiger partial charge on any atom is -0.322 e. The average molecular weight is 290 g/mol. The Morgan fingerprint density at radius 3 is 2.33 bits per heavy atom. The molecule has 110 valence electrons. The molecular weight excluding hydrogens is 274 g/mol. The number of carbonyl (C=O) groups excluding carboxylic acids is 1. The number of para-hydroxylation sites is 1. The standard InChI is InChI=1S/C16H16F2N2O/c1-11(19-10-12-6-2-3-7-13(12)17)16(21)20-15-9-5-4-8-14(15)18/h2-9,11,19H,10H2,1H3,(H,20,21)/t11-/m1/s1. The fourth-order valence-corrected chi connectivity index (χ4v) is 1.80. The van der Waals surface area contributed by atoms with Crippen LogP contribution in [-0.4, -0.2) is 11.9 Å². The van der Waals surface area contributed by atoms with Crippen molar-refractivity contribution in [3.63, 3.8) is 0 Å². The third-order valence-corrected chi connectivity index (χ3v) is 3.08. The summed E-state index contributed by atoms with van der Waals surface area (Å²) in [5.41, 5.74) is 0.602. The molecule has 0 saturated heterocycles. The Morgan fingerprint density at radius 1 is 1.05 bits per heavy atom. The lowest BCUT2D eigenvalue weighted by molar-refractivity contribution is -0.117. The molecule has 0 aliphatic heterocycles. The van der Waals surface area contributed by atoms with Gasteiger partial charge in [-0.3, -0.25) is 4.79 Å². The predicted octanol–water partition coefficient (Wildman–Crippen LogP) is 3.08. The van der Waals surface area contributed by atoms with Gasteiger partial charge in [-0.05, 0) is 25.1 Å². The van der Waals surface area contributed by atoms with E-state index in [0.717, 1.165) is 0 Å². The van der Waals surface area contributed by atoms with Crippen molar-refractivity contribution in [3.8, 4) is 0 Å². The molecule has 0 aliphatic carbocycles. The highest BCUT2D eigenvalue weighted by Crippen LogP contribution is 2.12. The number of nitrogens with one attached hydrogen (secondary N) is 2. The Labute approximate surface area is 122 Å². The number of hydrogen-bond donors (Lipinski definition) is 2. The SMILES string of the molecule is C[C@@H](NCc1ccccc1F)C(=O)Nc1ccccc1F. The highest BCUT2D eigenvalue weighted by Gasteiger charge is 2.14. The summed E-state index contributed by atoms with van der Waals surface area (Å²) in [6, 6.07) is 11.7. The first-order valence-electron chi connectivity index (χ1n) is 6.60. The molecule has 2 aromatic rings. The van der Waals surface area contributed by atoms with E-state index in [-0.39, 0.29) is 24.0 Å². The maximum atomic E-state index is 13.5. The Morgan fingerprint density at radius 2 is 1.67 bits per heavy atom. The smallest absolute Gasteiger partial charge is 0.241 e. The van der Waals surface area contributed by atoms with Crippen molar-refractivity contribution in [1.82, 2.24) is 5.32 Å². The Balaban J connectivity index is 1.91. The van der Waals surface area contributed by atoms with Gasteiger partial charge in [0.15, 0.2) is 0 Å². The lowest BCUT2D eigenvalue weighted by Gasteiger charge is -2.14. The molecule has 0 aliphatic rings. The summed E-state index contributed by atoms with van der Waals surface area (Å²) in [4.78, 5) is 11.9. The van der Waals surface area contributed by atoms with Gasteiger partial charge in [0, 0.05) is 12.1 Å². The summed E-state index contributed by atoms with van der Waals surface area (Å²) in [5, 5.41) is 5.40. The number of hydrogen-bond acceptors (Lipinski definition) is 2. The predicted molar refractivity (Wildman–Crippen MR) is 77.7 cm³/mol. The van der Waals surface area contributed by atoms with E-state index in [0.29, 0.717) is 5.56 Å². The topological polar surface area (TPSA) is 41.1 Å². The fourth-order valence-electron chi connectivity index (χ4n) is 1.80. The number of halogens is 2. The molecule has 21 heavy (non-hydrogen) atoms. The van der Waals surface area contributed by atoms with Crippen molar-refractivity contribution < 1.29 is 13.6 Å². The third-order valence-electron chi connectivity index (χ3n) is 3.08. The summed E-state index contributed by atoms with van der Waals surface area (Å²) in [6.07, 6.45) is 0. The number of amides is 1. The van der Waals surface area contributed by atoms with Crippen LogP contribution in [0.25, 0.3) is 0 Å². The van der Waals surface area contributed by atoms with Crippen LogP contribution in [0.5, 0.6) is 0 Å². The molecule has 2 rings (SSSR count). The Hall–Kier alpha value is -2.27. The maximum absolute atomic E-state index is 13.5. The minimum atomic E-state index is -0.579. The van der Waals surface area contributed by atoms with Gasteiger partial charge in [-0.25, -0.2) is 8.78 Å². The molecule has 3 nitrogen and oxygen atoms in total. The van der Waals surface area contributed by atoms with E-state index in [9.17, 15) is 13.6 Å². The molecule has 0 bridgehead atoms. The van der Waals surface area contributed by atoms with E-state index < -0.39 is 11.9 Å². The summed E-state index contributed by atoms with van der Waals surface area (Å²) in [7, 11) is 0. The van der Waals surface area contributed by atoms with Crippen molar-refractivity contribution >= 4 is 11.6 Å². The van der Waals surface area contributed by atoms with Gasteiger partial charge < -0.3 is 10.6 Å². The number of anilines is 1. The van der Waals surface area contributed by atoms with Gasteiger partial charge >= 0.3 is 0 Å². The molecule has 1 amide bonds. The lowest BCUT2D eigenvalue weighted by atomic mass is 10.2. The van der Waals surface area contributed by atoms with Gasteiger partial charge in [0.2, 0.25) is 5.91 Å². The zero-order valence-electron chi connectivity index (χ0n) is 11.6. The molecule has 0 aromatic heterocycles. The first-order valence-corrected chi connectivity index (χ1v) is 6.60. The molecule has 5 heteroatoms. The highest BCUT2D eigenvalue weighted by atomic mass is 19.1. The van der Waals surface area contributed by atoms with Crippen LogP contribution in [0.1, 0.15) is 12.5 Å². The summed E-state index contributed by atoms with van der Waals surface area (Å²) in [5.74, 6) is -1.20. The third kappa shape index (κ3) is 4.10. The second-order valence-corrected chi connectivity index (χ2v) is 4.66. The van der Waals surface area contributed by atoms with Crippen LogP contribution < -0.4 is 10.6 Å². The molecular formula is C16H16F2N2O. The normalized spacial score (nSPS) is 12.0. The van der Waals surface area contributed by atoms with Crippen molar-refractivity contribution in [2.45, 2.75) is 19.5 Å². The van der Waals surface area contributed by atoms with Crippen LogP contribution in [0.2, 0.25) is 0 Å². The van der Waals surface area contributed by atoms with Gasteiger partial charge in [0.25, 0.3) is 0 Å². The van der Waals surface area contributed by atoms with E-state index in [4.69, 9.17) is 0 Å². The van der Waals surface area contributed by atoms with Crippen LogP contribution >= 0.6 is 0 Å². The largest absolute Gasteiger partial charge is 0.322 e. The first kappa shape index (κ1) is 15.1. The van der Waals surface area contributed by atoms with E-state index >= 15 is 0 Å². The molecule has 0 fully saturated rings. The quantitative estimate of drug-likeness (QED) is 0.888. The minimum absolute atomic E-state index is 0.127. The molecule has 0 heterocycles. The van der Waals surface area contributed by atoms with Crippen LogP contribution in [-0.2, 0) is 11.3 Å². The zero-order valence-corrected chi connectivity index (χ0v) is 11.6. The van der Waals surface area contributed by atoms with Gasteiger partial charge in [0.1, 0.15) is 11.6 Å². The van der Waals surface area contributed by atoms with E-state index in [1.807, 2.05) is 0 Å². The van der Waals surface area contributed by atoms with Crippen LogP contribution in [0, 0.1) is 11.6 Å². The number of benzene rings is 2. The maximum Gasteiger partial charge on any atom is 0.241 e. The number of carbonyl (C=O) groups is 1. The van der Waals surface area contributed by atoms with E-state index in [2.05, 4.69) is 10.6 Å². The van der Waals surface area contributed by atoms with E-state index in [1.165, 1.54) is 18.2 Å². The van der Waals surface area contributed by atoms with Crippen molar-refractivity contribution in [1.29, 1.82) is 0 Å². The van der Waals surface area contributed by atoms with Gasteiger partial charge in [-0.15, -0.1) is 0 Å². The van der Waals surface area contributed by atoms with Crippen LogP contribution in [0.3, 0.4) is 0 Å². The zero-order chi connectivity index (χ0) is 15.2. The molecule has 0 saturated carbocycles. The second kappa shape index (κ2) is 6.95. The molecule has 2 aromatic carbocycles. The lowest BCUT2D eigenvalue weighted by Crippen LogP contribution is -2.37.